The molecule has 1 aromatic carbocycles. The van der Waals surface area contributed by atoms with Gasteiger partial charge in [-0.25, -0.2) is 4.79 Å². The zero-order chi connectivity index (χ0) is 11.3. The Bertz CT molecular complexity index is 341. The van der Waals surface area contributed by atoms with Crippen LogP contribution in [0.5, 0.6) is 0 Å². The molecule has 1 aromatic rings. The smallest absolute Gasteiger partial charge is 0.335 e. The monoisotopic (exact) mass is 225 g/mol. The van der Waals surface area contributed by atoms with E-state index >= 15 is 0 Å². The maximum absolute atomic E-state index is 10.9. The van der Waals surface area contributed by atoms with Gasteiger partial charge in [-0.1, -0.05) is 25.1 Å². The van der Waals surface area contributed by atoms with Crippen LogP contribution in [-0.4, -0.2) is 22.9 Å². The quantitative estimate of drug-likeness (QED) is 0.804. The van der Waals surface area contributed by atoms with E-state index in [9.17, 15) is 4.79 Å². The van der Waals surface area contributed by atoms with Crippen molar-refractivity contribution < 1.29 is 9.90 Å². The van der Waals surface area contributed by atoms with Crippen molar-refractivity contribution >= 4 is 17.7 Å². The van der Waals surface area contributed by atoms with E-state index in [1.165, 1.54) is 0 Å². The highest BCUT2D eigenvalue weighted by atomic mass is 32.2. The van der Waals surface area contributed by atoms with Gasteiger partial charge in [-0.3, -0.25) is 0 Å². The molecule has 3 N–H and O–H groups in total. The van der Waals surface area contributed by atoms with Crippen molar-refractivity contribution in [2.75, 3.05) is 6.54 Å². The van der Waals surface area contributed by atoms with Crippen LogP contribution in [0, 0.1) is 0 Å². The Balaban J connectivity index is 2.72. The molecule has 1 rings (SSSR count). The summed E-state index contributed by atoms with van der Waals surface area (Å²) in [7, 11) is 0. The molecule has 15 heavy (non-hydrogen) atoms. The Morgan fingerprint density at radius 3 is 2.80 bits per heavy atom. The molecule has 0 radical (unpaired) electrons. The maximum Gasteiger partial charge on any atom is 0.335 e. The Hall–Kier alpha value is -1.00. The van der Waals surface area contributed by atoms with E-state index in [1.54, 1.807) is 23.9 Å². The molecule has 0 heterocycles. The summed E-state index contributed by atoms with van der Waals surface area (Å²) >= 11 is 1.67. The topological polar surface area (TPSA) is 63.3 Å². The number of carbonyl (C=O) groups is 1. The van der Waals surface area contributed by atoms with E-state index in [1.807, 2.05) is 19.1 Å². The fourth-order valence-electron chi connectivity index (χ4n) is 1.15. The van der Waals surface area contributed by atoms with Gasteiger partial charge >= 0.3 is 5.97 Å². The molecule has 0 aromatic heterocycles. The highest BCUT2D eigenvalue weighted by molar-refractivity contribution is 7.99. The van der Waals surface area contributed by atoms with Crippen molar-refractivity contribution in [1.29, 1.82) is 0 Å². The third kappa shape index (κ3) is 3.57. The molecular weight excluding hydrogens is 210 g/mol. The summed E-state index contributed by atoms with van der Waals surface area (Å²) in [4.78, 5) is 10.9. The van der Waals surface area contributed by atoms with Crippen LogP contribution < -0.4 is 5.73 Å². The largest absolute Gasteiger partial charge is 0.478 e. The highest BCUT2D eigenvalue weighted by Crippen LogP contribution is 2.19. The van der Waals surface area contributed by atoms with Gasteiger partial charge in [0.25, 0.3) is 0 Å². The average Bonchev–Trinajstić information content (AvgIpc) is 2.26. The summed E-state index contributed by atoms with van der Waals surface area (Å²) in [6.07, 6.45) is 0. The number of aromatic carboxylic acids is 1. The first-order chi connectivity index (χ1) is 7.15. The van der Waals surface area contributed by atoms with Crippen LogP contribution in [0.4, 0.5) is 0 Å². The van der Waals surface area contributed by atoms with Crippen molar-refractivity contribution in [2.45, 2.75) is 17.9 Å². The zero-order valence-electron chi connectivity index (χ0n) is 8.64. The number of thioether (sulfide) groups is 1. The van der Waals surface area contributed by atoms with E-state index in [0.717, 1.165) is 5.56 Å². The van der Waals surface area contributed by atoms with E-state index in [0.29, 0.717) is 23.1 Å². The van der Waals surface area contributed by atoms with E-state index in [2.05, 4.69) is 0 Å². The van der Waals surface area contributed by atoms with E-state index < -0.39 is 5.97 Å². The van der Waals surface area contributed by atoms with Gasteiger partial charge in [0.2, 0.25) is 0 Å². The first-order valence-electron chi connectivity index (χ1n) is 4.78. The Kier molecular flexibility index (Phi) is 4.65. The van der Waals surface area contributed by atoms with Crippen LogP contribution in [-0.2, 0) is 5.75 Å². The molecule has 0 aliphatic carbocycles. The van der Waals surface area contributed by atoms with E-state index in [-0.39, 0.29) is 0 Å². The second-order valence-electron chi connectivity index (χ2n) is 3.32. The van der Waals surface area contributed by atoms with Gasteiger partial charge in [0.1, 0.15) is 0 Å². The first-order valence-corrected chi connectivity index (χ1v) is 5.83. The van der Waals surface area contributed by atoms with Gasteiger partial charge < -0.3 is 10.8 Å². The molecule has 0 saturated heterocycles. The molecule has 0 aliphatic heterocycles. The van der Waals surface area contributed by atoms with Crippen LogP contribution in [0.3, 0.4) is 0 Å². The van der Waals surface area contributed by atoms with Crippen molar-refractivity contribution in [1.82, 2.24) is 0 Å². The number of benzene rings is 1. The second-order valence-corrected chi connectivity index (χ2v) is 4.75. The number of carboxylic acids is 1. The minimum atomic E-state index is -0.869. The first kappa shape index (κ1) is 12.1. The average molecular weight is 225 g/mol. The lowest BCUT2D eigenvalue weighted by Gasteiger charge is -2.09. The Morgan fingerprint density at radius 1 is 1.53 bits per heavy atom. The minimum absolute atomic E-state index is 0.354. The molecule has 0 spiro atoms. The zero-order valence-corrected chi connectivity index (χ0v) is 9.46. The molecule has 0 bridgehead atoms. The lowest BCUT2D eigenvalue weighted by atomic mass is 10.1. The van der Waals surface area contributed by atoms with Crippen LogP contribution in [0.25, 0.3) is 0 Å². The van der Waals surface area contributed by atoms with Crippen LogP contribution in [0.15, 0.2) is 24.3 Å². The van der Waals surface area contributed by atoms with Gasteiger partial charge in [0, 0.05) is 17.5 Å². The molecule has 4 heteroatoms. The normalized spacial score (nSPS) is 12.4. The van der Waals surface area contributed by atoms with Gasteiger partial charge in [0.15, 0.2) is 0 Å². The molecule has 0 amide bonds. The molecule has 3 nitrogen and oxygen atoms in total. The number of rotatable bonds is 5. The minimum Gasteiger partial charge on any atom is -0.478 e. The Labute approximate surface area is 93.7 Å². The molecule has 0 fully saturated rings. The third-order valence-corrected chi connectivity index (χ3v) is 3.34. The number of carboxylic acid groups (broad SMARTS) is 1. The fourth-order valence-corrected chi connectivity index (χ4v) is 2.01. The van der Waals surface area contributed by atoms with Crippen molar-refractivity contribution in [3.8, 4) is 0 Å². The molecule has 0 saturated carbocycles. The molecule has 0 aliphatic rings. The Morgan fingerprint density at radius 2 is 2.20 bits per heavy atom. The van der Waals surface area contributed by atoms with Gasteiger partial charge in [0.05, 0.1) is 5.56 Å². The van der Waals surface area contributed by atoms with Gasteiger partial charge in [-0.05, 0) is 11.6 Å². The summed E-state index contributed by atoms with van der Waals surface area (Å²) in [6.45, 7) is 2.65. The third-order valence-electron chi connectivity index (χ3n) is 2.10. The highest BCUT2D eigenvalue weighted by Gasteiger charge is 2.09. The fraction of sp³-hybridized carbons (Fsp3) is 0.364. The summed E-state index contributed by atoms with van der Waals surface area (Å²) in [5.74, 6) is -0.174. The SMILES string of the molecule is CC(CN)SCc1ccccc1C(=O)O. The van der Waals surface area contributed by atoms with Crippen LogP contribution >= 0.6 is 11.8 Å². The van der Waals surface area contributed by atoms with Crippen molar-refractivity contribution in [3.63, 3.8) is 0 Å². The standard InChI is InChI=1S/C11H15NO2S/c1-8(6-12)15-7-9-4-2-3-5-10(9)11(13)14/h2-5,8H,6-7,12H2,1H3,(H,13,14). The second kappa shape index (κ2) is 5.78. The number of hydrogen-bond acceptors (Lipinski definition) is 3. The molecular formula is C11H15NO2S. The van der Waals surface area contributed by atoms with E-state index in [4.69, 9.17) is 10.8 Å². The maximum atomic E-state index is 10.9. The van der Waals surface area contributed by atoms with Crippen LogP contribution in [0.2, 0.25) is 0 Å². The summed E-state index contributed by atoms with van der Waals surface area (Å²) < 4.78 is 0. The van der Waals surface area contributed by atoms with Crippen molar-refractivity contribution in [2.24, 2.45) is 5.73 Å². The number of nitrogens with two attached hydrogens (primary N) is 1. The lowest BCUT2D eigenvalue weighted by Crippen LogP contribution is -2.13. The summed E-state index contributed by atoms with van der Waals surface area (Å²) in [6, 6.07) is 7.07. The molecule has 1 atom stereocenters. The van der Waals surface area contributed by atoms with Gasteiger partial charge in [-0.2, -0.15) is 11.8 Å². The predicted molar refractivity (Wildman–Crippen MR) is 63.2 cm³/mol. The summed E-state index contributed by atoms with van der Waals surface area (Å²) in [5, 5.41) is 9.31. The number of hydrogen-bond donors (Lipinski definition) is 2. The summed E-state index contributed by atoms with van der Waals surface area (Å²) in [5.41, 5.74) is 6.74. The van der Waals surface area contributed by atoms with Crippen molar-refractivity contribution in [3.05, 3.63) is 35.4 Å². The lowest BCUT2D eigenvalue weighted by molar-refractivity contribution is 0.0696. The van der Waals surface area contributed by atoms with Gasteiger partial charge in [-0.15, -0.1) is 0 Å². The predicted octanol–water partition coefficient (Wildman–Crippen LogP) is 1.97. The van der Waals surface area contributed by atoms with Crippen LogP contribution in [0.1, 0.15) is 22.8 Å². The molecule has 1 unspecified atom stereocenters. The molecule has 82 valence electrons.